The molecule has 2 aromatic carbocycles. The number of amides is 1. The van der Waals surface area contributed by atoms with Gasteiger partial charge in [0.05, 0.1) is 45.2 Å². The fourth-order valence-electron chi connectivity index (χ4n) is 4.22. The molecule has 3 heterocycles. The number of aryl methyl sites for hydroxylation is 1. The van der Waals surface area contributed by atoms with Crippen molar-refractivity contribution in [3.63, 3.8) is 0 Å². The molecule has 0 N–H and O–H groups in total. The molecule has 154 valence electrons. The molecule has 0 unspecified atom stereocenters. The normalized spacial score (nSPS) is 14.8. The monoisotopic (exact) mass is 424 g/mol. The first-order valence-corrected chi connectivity index (χ1v) is 10.1. The van der Waals surface area contributed by atoms with Gasteiger partial charge in [0.25, 0.3) is 5.91 Å². The third kappa shape index (κ3) is 2.95. The lowest BCUT2D eigenvalue weighted by Gasteiger charge is -2.33. The van der Waals surface area contributed by atoms with Gasteiger partial charge in [0.15, 0.2) is 0 Å². The van der Waals surface area contributed by atoms with Crippen LogP contribution in [-0.2, 0) is 18.4 Å². The van der Waals surface area contributed by atoms with E-state index < -0.39 is 29.4 Å². The van der Waals surface area contributed by atoms with Crippen molar-refractivity contribution in [2.45, 2.75) is 25.4 Å². The molecule has 0 fully saturated rings. The van der Waals surface area contributed by atoms with E-state index in [1.54, 1.807) is 18.3 Å². The number of hydrogen-bond donors (Lipinski definition) is 0. The molecular weight excluding hydrogens is 408 g/mol. The number of pyridine rings is 1. The zero-order valence-corrected chi connectivity index (χ0v) is 17.2. The van der Waals surface area contributed by atoms with Gasteiger partial charge >= 0.3 is 0 Å². The van der Waals surface area contributed by atoms with Crippen LogP contribution in [-0.4, -0.2) is 41.3 Å². The fraction of sp³-hybridized carbons (Fsp3) is 0.174. The molecule has 4 radical (unpaired) electrons. The highest BCUT2D eigenvalue weighted by molar-refractivity contribution is 6.42. The van der Waals surface area contributed by atoms with Gasteiger partial charge in [-0.3, -0.25) is 14.5 Å². The summed E-state index contributed by atoms with van der Waals surface area (Å²) in [6.07, 6.45) is 3.14. The van der Waals surface area contributed by atoms with Gasteiger partial charge in [-0.1, -0.05) is 12.1 Å². The average molecular weight is 424 g/mol. The Morgan fingerprint density at radius 3 is 2.47 bits per heavy atom. The highest BCUT2D eigenvalue weighted by atomic mass is 19.1. The van der Waals surface area contributed by atoms with Gasteiger partial charge in [-0.15, -0.1) is 0 Å². The van der Waals surface area contributed by atoms with Gasteiger partial charge in [-0.25, -0.2) is 8.78 Å². The lowest BCUT2D eigenvalue weighted by atomic mass is 9.59. The van der Waals surface area contributed by atoms with Gasteiger partial charge < -0.3 is 4.90 Å². The lowest BCUT2D eigenvalue weighted by molar-refractivity contribution is 0.0727. The Balaban J connectivity index is 1.54. The SMILES string of the molecule is [B]C1([B])c2ncccc2C(=O)N1Cc1c(F)cc(-c2cccc3c2cnn3CC)cc1F. The molecule has 2 aromatic heterocycles. The standard InChI is InChI=1S/C23H16B2F2N4O/c1-2-31-20-7-3-5-14(16(20)11-29-31)13-9-18(26)17(19(27)10-13)12-30-22(32)15-6-4-8-28-21(15)23(30,24)25/h3-11H,2,12H2,1H3. The van der Waals surface area contributed by atoms with E-state index in [4.69, 9.17) is 15.7 Å². The van der Waals surface area contributed by atoms with E-state index in [-0.39, 0.29) is 16.8 Å². The minimum Gasteiger partial charge on any atom is -0.340 e. The predicted octanol–water partition coefficient (Wildman–Crippen LogP) is 3.50. The van der Waals surface area contributed by atoms with E-state index >= 15 is 8.78 Å². The zero-order chi connectivity index (χ0) is 22.6. The van der Waals surface area contributed by atoms with Crippen LogP contribution >= 0.6 is 0 Å². The van der Waals surface area contributed by atoms with Crippen LogP contribution in [0.2, 0.25) is 0 Å². The van der Waals surface area contributed by atoms with Gasteiger partial charge in [0.2, 0.25) is 0 Å². The molecule has 1 amide bonds. The Kier molecular flexibility index (Phi) is 4.65. The molecule has 1 aliphatic heterocycles. The number of nitrogens with zero attached hydrogens (tertiary/aromatic N) is 4. The smallest absolute Gasteiger partial charge is 0.255 e. The van der Waals surface area contributed by atoms with Crippen molar-refractivity contribution in [1.29, 1.82) is 0 Å². The molecule has 0 saturated carbocycles. The largest absolute Gasteiger partial charge is 0.340 e. The highest BCUT2D eigenvalue weighted by Gasteiger charge is 2.43. The third-order valence-corrected chi connectivity index (χ3v) is 5.86. The fourth-order valence-corrected chi connectivity index (χ4v) is 4.22. The number of carbonyl (C=O) groups is 1. The van der Waals surface area contributed by atoms with Crippen molar-refractivity contribution in [3.8, 4) is 11.1 Å². The van der Waals surface area contributed by atoms with E-state index in [2.05, 4.69) is 10.1 Å². The number of aromatic nitrogens is 3. The molecular formula is C23H16B2F2N4O. The number of benzene rings is 2. The molecule has 4 aromatic rings. The van der Waals surface area contributed by atoms with Crippen molar-refractivity contribution >= 4 is 32.5 Å². The van der Waals surface area contributed by atoms with Crippen LogP contribution in [0.1, 0.15) is 28.5 Å². The quantitative estimate of drug-likeness (QED) is 0.472. The van der Waals surface area contributed by atoms with E-state index in [0.717, 1.165) is 15.8 Å². The minimum atomic E-state index is -1.77. The maximum atomic E-state index is 15.1. The van der Waals surface area contributed by atoms with Gasteiger partial charge in [-0.2, -0.15) is 5.10 Å². The summed E-state index contributed by atoms with van der Waals surface area (Å²) in [5.41, 5.74) is 1.99. The molecule has 1 aliphatic rings. The van der Waals surface area contributed by atoms with Crippen LogP contribution in [0.5, 0.6) is 0 Å². The first kappa shape index (κ1) is 20.4. The second kappa shape index (κ2) is 7.29. The molecule has 5 rings (SSSR count). The Bertz CT molecular complexity index is 1360. The van der Waals surface area contributed by atoms with Gasteiger partial charge in [0.1, 0.15) is 11.6 Å². The Hall–Kier alpha value is -3.48. The number of rotatable bonds is 4. The summed E-state index contributed by atoms with van der Waals surface area (Å²) in [6.45, 7) is 2.21. The van der Waals surface area contributed by atoms with Crippen molar-refractivity contribution in [2.75, 3.05) is 0 Å². The number of carbonyl (C=O) groups excluding carboxylic acids is 1. The summed E-state index contributed by atoms with van der Waals surface area (Å²) < 4.78 is 32.1. The molecule has 9 heteroatoms. The summed E-state index contributed by atoms with van der Waals surface area (Å²) >= 11 is 0. The van der Waals surface area contributed by atoms with Crippen molar-refractivity contribution < 1.29 is 13.6 Å². The van der Waals surface area contributed by atoms with E-state index in [1.165, 1.54) is 24.4 Å². The second-order valence-corrected chi connectivity index (χ2v) is 7.73. The minimum absolute atomic E-state index is 0.169. The summed E-state index contributed by atoms with van der Waals surface area (Å²) in [5, 5.41) is 3.35. The van der Waals surface area contributed by atoms with Crippen LogP contribution in [0.4, 0.5) is 8.78 Å². The number of halogens is 2. The molecule has 5 nitrogen and oxygen atoms in total. The molecule has 0 aliphatic carbocycles. The average Bonchev–Trinajstić information content (AvgIpc) is 3.28. The molecule has 0 saturated heterocycles. The number of fused-ring (bicyclic) bond motifs is 2. The molecule has 0 spiro atoms. The predicted molar refractivity (Wildman–Crippen MR) is 118 cm³/mol. The third-order valence-electron chi connectivity index (χ3n) is 5.86. The van der Waals surface area contributed by atoms with E-state index in [1.807, 2.05) is 23.7 Å². The maximum Gasteiger partial charge on any atom is 0.255 e. The second-order valence-electron chi connectivity index (χ2n) is 7.73. The van der Waals surface area contributed by atoms with Gasteiger partial charge in [-0.05, 0) is 48.4 Å². The van der Waals surface area contributed by atoms with Crippen molar-refractivity contribution in [2.24, 2.45) is 0 Å². The van der Waals surface area contributed by atoms with E-state index in [0.29, 0.717) is 17.7 Å². The molecule has 0 bridgehead atoms. The first-order chi connectivity index (χ1) is 15.3. The lowest BCUT2D eigenvalue weighted by Crippen LogP contribution is -2.45. The summed E-state index contributed by atoms with van der Waals surface area (Å²) in [7, 11) is 12.3. The summed E-state index contributed by atoms with van der Waals surface area (Å²) in [6, 6.07) is 11.1. The van der Waals surface area contributed by atoms with Crippen LogP contribution in [0.25, 0.3) is 22.0 Å². The van der Waals surface area contributed by atoms with E-state index in [9.17, 15) is 4.79 Å². The van der Waals surface area contributed by atoms with Crippen LogP contribution in [0.15, 0.2) is 54.9 Å². The Morgan fingerprint density at radius 1 is 1.06 bits per heavy atom. The Morgan fingerprint density at radius 2 is 1.78 bits per heavy atom. The summed E-state index contributed by atoms with van der Waals surface area (Å²) in [5.74, 6) is -2.13. The summed E-state index contributed by atoms with van der Waals surface area (Å²) in [4.78, 5) is 17.9. The molecule has 32 heavy (non-hydrogen) atoms. The van der Waals surface area contributed by atoms with Crippen molar-refractivity contribution in [3.05, 3.63) is 83.3 Å². The Labute approximate surface area is 185 Å². The molecule has 0 atom stereocenters. The van der Waals surface area contributed by atoms with Crippen molar-refractivity contribution in [1.82, 2.24) is 19.7 Å². The van der Waals surface area contributed by atoms with Gasteiger partial charge in [0, 0.05) is 29.0 Å². The highest BCUT2D eigenvalue weighted by Crippen LogP contribution is 2.36. The topological polar surface area (TPSA) is 51.0 Å². The maximum absolute atomic E-state index is 15.1. The zero-order valence-electron chi connectivity index (χ0n) is 17.2. The number of hydrogen-bond acceptors (Lipinski definition) is 3. The van der Waals surface area contributed by atoms with Crippen LogP contribution in [0.3, 0.4) is 0 Å². The first-order valence-electron chi connectivity index (χ1n) is 10.1. The van der Waals surface area contributed by atoms with Crippen LogP contribution in [0, 0.1) is 11.6 Å². The van der Waals surface area contributed by atoms with Crippen LogP contribution < -0.4 is 0 Å².